The van der Waals surface area contributed by atoms with Crippen LogP contribution in [-0.2, 0) is 4.74 Å². The average Bonchev–Trinajstić information content (AvgIpc) is 2.97. The Hall–Kier alpha value is -2.33. The summed E-state index contributed by atoms with van der Waals surface area (Å²) in [7, 11) is 0. The Morgan fingerprint density at radius 1 is 1.25 bits per heavy atom. The van der Waals surface area contributed by atoms with Gasteiger partial charge in [0.05, 0.1) is 12.7 Å². The zero-order valence-corrected chi connectivity index (χ0v) is 10.6. The molecular weight excluding hydrogens is 266 g/mol. The van der Waals surface area contributed by atoms with E-state index in [4.69, 9.17) is 31.9 Å². The number of anilines is 3. The van der Waals surface area contributed by atoms with Gasteiger partial charge in [-0.25, -0.2) is 4.98 Å². The minimum Gasteiger partial charge on any atom is -0.394 e. The lowest BCUT2D eigenvalue weighted by atomic mass is 10.2. The first-order valence-corrected chi connectivity index (χ1v) is 6.09. The fourth-order valence-electron chi connectivity index (χ4n) is 2.10. The summed E-state index contributed by atoms with van der Waals surface area (Å²) in [4.78, 5) is 17.5. The van der Waals surface area contributed by atoms with Crippen LogP contribution >= 0.6 is 0 Å². The van der Waals surface area contributed by atoms with Crippen LogP contribution in [-0.4, -0.2) is 43.8 Å². The van der Waals surface area contributed by atoms with E-state index in [1.54, 1.807) is 0 Å². The van der Waals surface area contributed by atoms with E-state index in [1.165, 1.54) is 4.73 Å². The van der Waals surface area contributed by atoms with Crippen molar-refractivity contribution in [3.05, 3.63) is 0 Å². The molecule has 108 valence electrons. The van der Waals surface area contributed by atoms with Crippen LogP contribution in [0.25, 0.3) is 11.2 Å². The van der Waals surface area contributed by atoms with E-state index in [1.807, 2.05) is 0 Å². The Balaban J connectivity index is 1.93. The molecule has 20 heavy (non-hydrogen) atoms. The monoisotopic (exact) mass is 281 g/mol. The molecule has 3 heterocycles. The van der Waals surface area contributed by atoms with Crippen molar-refractivity contribution in [2.75, 3.05) is 23.8 Å². The lowest BCUT2D eigenvalue weighted by Gasteiger charge is -2.15. The molecule has 2 atom stereocenters. The van der Waals surface area contributed by atoms with Crippen molar-refractivity contribution in [2.24, 2.45) is 0 Å². The highest BCUT2D eigenvalue weighted by Gasteiger charge is 2.28. The number of hydrogen-bond donors (Lipinski definition) is 4. The van der Waals surface area contributed by atoms with Crippen molar-refractivity contribution in [1.29, 1.82) is 0 Å². The third-order valence-electron chi connectivity index (χ3n) is 3.03. The van der Waals surface area contributed by atoms with Gasteiger partial charge in [-0.2, -0.15) is 9.97 Å². The molecule has 0 radical (unpaired) electrons. The van der Waals surface area contributed by atoms with Crippen molar-refractivity contribution >= 4 is 28.9 Å². The van der Waals surface area contributed by atoms with Crippen LogP contribution in [0.4, 0.5) is 17.7 Å². The van der Waals surface area contributed by atoms with Crippen molar-refractivity contribution in [1.82, 2.24) is 19.7 Å². The molecule has 0 unspecified atom stereocenters. The van der Waals surface area contributed by atoms with Gasteiger partial charge in [-0.15, -0.1) is 4.73 Å². The Kier molecular flexibility index (Phi) is 2.95. The predicted octanol–water partition coefficient (Wildman–Crippen LogP) is -1.50. The minimum absolute atomic E-state index is 0.000301. The highest BCUT2D eigenvalue weighted by molar-refractivity contribution is 5.84. The van der Waals surface area contributed by atoms with Crippen molar-refractivity contribution < 1.29 is 14.7 Å². The maximum Gasteiger partial charge on any atom is 0.237 e. The van der Waals surface area contributed by atoms with Crippen LogP contribution in [0.1, 0.15) is 12.8 Å². The molecule has 1 aliphatic heterocycles. The summed E-state index contributed by atoms with van der Waals surface area (Å²) < 4.78 is 6.68. The largest absolute Gasteiger partial charge is 0.394 e. The zero-order chi connectivity index (χ0) is 14.3. The van der Waals surface area contributed by atoms with Crippen LogP contribution in [0, 0.1) is 0 Å². The number of fused-ring (bicyclic) bond motifs is 1. The van der Waals surface area contributed by atoms with Crippen LogP contribution in [0.2, 0.25) is 0 Å². The number of nitrogen functional groups attached to an aromatic ring is 3. The number of ether oxygens (including phenoxy) is 1. The number of imidazole rings is 1. The van der Waals surface area contributed by atoms with Gasteiger partial charge in [0, 0.05) is 6.42 Å². The average molecular weight is 281 g/mol. The fourth-order valence-corrected chi connectivity index (χ4v) is 2.10. The van der Waals surface area contributed by atoms with Crippen molar-refractivity contribution in [3.8, 4) is 0 Å². The van der Waals surface area contributed by atoms with Gasteiger partial charge in [0.15, 0.2) is 11.3 Å². The smallest absolute Gasteiger partial charge is 0.237 e. The van der Waals surface area contributed by atoms with Gasteiger partial charge in [0.2, 0.25) is 23.8 Å². The first kappa shape index (κ1) is 12.7. The maximum atomic E-state index is 9.03. The maximum absolute atomic E-state index is 9.03. The summed E-state index contributed by atoms with van der Waals surface area (Å²) in [6.45, 7) is -0.0535. The Bertz CT molecular complexity index is 643. The molecule has 10 nitrogen and oxygen atoms in total. The van der Waals surface area contributed by atoms with Crippen LogP contribution in [0.3, 0.4) is 0 Å². The molecule has 1 saturated heterocycles. The normalized spacial score (nSPS) is 22.4. The van der Waals surface area contributed by atoms with Gasteiger partial charge < -0.3 is 31.9 Å². The van der Waals surface area contributed by atoms with Crippen LogP contribution < -0.4 is 22.0 Å². The molecule has 10 heteroatoms. The van der Waals surface area contributed by atoms with E-state index in [0.717, 1.165) is 0 Å². The molecule has 1 fully saturated rings. The topological polar surface area (TPSA) is 160 Å². The summed E-state index contributed by atoms with van der Waals surface area (Å²) >= 11 is 0. The quantitative estimate of drug-likeness (QED) is 0.524. The standard InChI is InChI=1S/C10H15N7O3/c11-7-6-8(16-9(12)15-7)17(10(13)14-6)20-5-2-1-4(3-18)19-5/h4-5,18H,1-3H2,(H2,13,14)(H4,11,12,15,16)/t4-,5+/m0/s1. The van der Waals surface area contributed by atoms with Crippen LogP contribution in [0.15, 0.2) is 0 Å². The number of aliphatic hydroxyl groups excluding tert-OH is 1. The lowest BCUT2D eigenvalue weighted by Crippen LogP contribution is -2.27. The van der Waals surface area contributed by atoms with Crippen LogP contribution in [0.5, 0.6) is 0 Å². The molecule has 1 aliphatic rings. The SMILES string of the molecule is Nc1nc(N)c2nc(N)n(O[C@@H]3CC[C@@H](CO)O3)c2n1. The van der Waals surface area contributed by atoms with E-state index in [9.17, 15) is 0 Å². The van der Waals surface area contributed by atoms with Gasteiger partial charge in [0.1, 0.15) is 0 Å². The second-order valence-electron chi connectivity index (χ2n) is 4.46. The number of nitrogens with two attached hydrogens (primary N) is 3. The third-order valence-corrected chi connectivity index (χ3v) is 3.03. The van der Waals surface area contributed by atoms with Gasteiger partial charge in [0.25, 0.3) is 0 Å². The third kappa shape index (κ3) is 2.04. The molecule has 2 aromatic heterocycles. The highest BCUT2D eigenvalue weighted by atomic mass is 16.8. The molecule has 0 bridgehead atoms. The number of rotatable bonds is 3. The summed E-state index contributed by atoms with van der Waals surface area (Å²) in [5, 5.41) is 9.03. The summed E-state index contributed by atoms with van der Waals surface area (Å²) in [5.74, 6) is 0.199. The molecule has 0 aromatic carbocycles. The Labute approximate surface area is 113 Å². The first-order valence-electron chi connectivity index (χ1n) is 6.09. The van der Waals surface area contributed by atoms with E-state index < -0.39 is 6.29 Å². The summed E-state index contributed by atoms with van der Waals surface area (Å²) in [6, 6.07) is 0. The second kappa shape index (κ2) is 4.65. The van der Waals surface area contributed by atoms with E-state index in [2.05, 4.69) is 15.0 Å². The molecule has 0 spiro atoms. The molecule has 0 amide bonds. The molecule has 2 aromatic rings. The predicted molar refractivity (Wildman–Crippen MR) is 70.1 cm³/mol. The number of aromatic nitrogens is 4. The first-order chi connectivity index (χ1) is 9.58. The zero-order valence-electron chi connectivity index (χ0n) is 10.6. The van der Waals surface area contributed by atoms with Gasteiger partial charge in [-0.05, 0) is 6.42 Å². The number of nitrogens with zero attached hydrogens (tertiary/aromatic N) is 4. The Morgan fingerprint density at radius 3 is 2.75 bits per heavy atom. The van der Waals surface area contributed by atoms with Crippen molar-refractivity contribution in [2.45, 2.75) is 25.2 Å². The van der Waals surface area contributed by atoms with E-state index in [-0.39, 0.29) is 36.1 Å². The van der Waals surface area contributed by atoms with Gasteiger partial charge >= 0.3 is 0 Å². The number of hydrogen-bond acceptors (Lipinski definition) is 9. The minimum atomic E-state index is -0.538. The van der Waals surface area contributed by atoms with Gasteiger partial charge in [-0.3, -0.25) is 0 Å². The molecule has 7 N–H and O–H groups in total. The molecule has 0 saturated carbocycles. The van der Waals surface area contributed by atoms with E-state index >= 15 is 0 Å². The second-order valence-corrected chi connectivity index (χ2v) is 4.46. The molecule has 0 aliphatic carbocycles. The Morgan fingerprint density at radius 2 is 2.05 bits per heavy atom. The van der Waals surface area contributed by atoms with Gasteiger partial charge in [-0.1, -0.05) is 0 Å². The summed E-state index contributed by atoms with van der Waals surface area (Å²) in [5.41, 5.74) is 17.6. The molecular formula is C10H15N7O3. The van der Waals surface area contributed by atoms with Crippen molar-refractivity contribution in [3.63, 3.8) is 0 Å². The van der Waals surface area contributed by atoms with E-state index in [0.29, 0.717) is 18.4 Å². The summed E-state index contributed by atoms with van der Waals surface area (Å²) in [6.07, 6.45) is 0.554. The highest BCUT2D eigenvalue weighted by Crippen LogP contribution is 2.23. The number of aliphatic hydroxyl groups is 1. The lowest BCUT2D eigenvalue weighted by molar-refractivity contribution is -0.139. The fraction of sp³-hybridized carbons (Fsp3) is 0.500. The molecule has 3 rings (SSSR count).